The van der Waals surface area contributed by atoms with Gasteiger partial charge in [0.15, 0.2) is 5.72 Å². The van der Waals surface area contributed by atoms with E-state index in [-0.39, 0.29) is 104 Å². The Hall–Kier alpha value is -10.3. The van der Waals surface area contributed by atoms with Crippen LogP contribution in [0.25, 0.3) is 10.9 Å². The highest BCUT2D eigenvalue weighted by atomic mass is 35.5. The van der Waals surface area contributed by atoms with Gasteiger partial charge in [-0.15, -0.1) is 0 Å². The first-order chi connectivity index (χ1) is 60.4. The molecule has 10 rings (SSSR count). The highest BCUT2D eigenvalue weighted by molar-refractivity contribution is 8.77. The first-order valence-electron chi connectivity index (χ1n) is 41.5. The molecule has 18 N–H and O–H groups in total. The molecule has 13 amide bonds. The number of H-pyrrole nitrogens is 1. The number of primary amides is 1. The molecule has 0 aliphatic carbocycles. The van der Waals surface area contributed by atoms with Gasteiger partial charge in [-0.1, -0.05) is 139 Å². The third-order valence-corrected chi connectivity index (χ3v) is 27.5. The fourth-order valence-electron chi connectivity index (χ4n) is 15.1. The van der Waals surface area contributed by atoms with Gasteiger partial charge in [0.25, 0.3) is 0 Å². The number of hydrogen-bond donors (Lipinski definition) is 16. The molecular formula is C86H114ClN15O21S4. The van der Waals surface area contributed by atoms with Crippen molar-refractivity contribution in [1.82, 2.24) is 63.1 Å². The number of nitrogens with one attached hydrogen (secondary N) is 11. The summed E-state index contributed by atoms with van der Waals surface area (Å²) in [4.78, 5) is 193. The lowest BCUT2D eigenvalue weighted by Gasteiger charge is -2.59. The molecule has 0 spiro atoms. The zero-order chi connectivity index (χ0) is 92.6. The first-order valence-corrected chi connectivity index (χ1v) is 46.8. The number of likely N-dealkylation sites (N-methyl/N-ethyl adjacent to an activating group) is 1. The van der Waals surface area contributed by atoms with Crippen LogP contribution in [0.15, 0.2) is 121 Å². The number of para-hydroxylation sites is 1. The number of rotatable bonds is 29. The van der Waals surface area contributed by atoms with Gasteiger partial charge in [-0.25, -0.2) is 14.4 Å². The Morgan fingerprint density at radius 1 is 0.811 bits per heavy atom. The largest absolute Gasteiger partial charge is 0.508 e. The van der Waals surface area contributed by atoms with E-state index in [9.17, 15) is 63.3 Å². The third kappa shape index (κ3) is 27.6. The van der Waals surface area contributed by atoms with Crippen LogP contribution in [-0.2, 0) is 97.4 Å². The van der Waals surface area contributed by atoms with E-state index in [1.54, 1.807) is 112 Å². The van der Waals surface area contributed by atoms with E-state index in [4.69, 9.17) is 46.8 Å². The number of benzene rings is 4. The number of fused-ring (bicyclic) bond motifs is 7. The van der Waals surface area contributed by atoms with Crippen LogP contribution >= 0.6 is 54.8 Å². The van der Waals surface area contributed by atoms with Crippen molar-refractivity contribution in [2.24, 2.45) is 11.5 Å². The molecule has 6 heterocycles. The number of alkyl carbamates (subject to hydrolysis) is 1. The summed E-state index contributed by atoms with van der Waals surface area (Å²) in [6, 6.07) is 10.6. The molecule has 41 heteroatoms. The molecule has 1 unspecified atom stereocenters. The maximum absolute atomic E-state index is 15.2. The highest BCUT2D eigenvalue weighted by Crippen LogP contribution is 2.51. The Bertz CT molecular complexity index is 4820. The number of nitrogens with two attached hydrogens (primary N) is 2. The zero-order valence-corrected chi connectivity index (χ0v) is 76.3. The van der Waals surface area contributed by atoms with Gasteiger partial charge in [-0.3, -0.25) is 53.3 Å². The second-order valence-electron chi connectivity index (χ2n) is 32.1. The second kappa shape index (κ2) is 46.6. The van der Waals surface area contributed by atoms with Crippen LogP contribution in [0.2, 0.25) is 5.02 Å². The number of aromatic amines is 1. The number of carbonyl (C=O) groups excluding carboxylic acids is 13. The maximum Gasteiger partial charge on any atom is 0.409 e. The molecule has 16 atom stereocenters. The summed E-state index contributed by atoms with van der Waals surface area (Å²) in [7, 11) is 9.60. The number of halogens is 1. The minimum absolute atomic E-state index is 0.0154. The minimum Gasteiger partial charge on any atom is -0.508 e. The summed E-state index contributed by atoms with van der Waals surface area (Å²) in [5.74, 6) is -10.6. The number of esters is 1. The summed E-state index contributed by atoms with van der Waals surface area (Å²) in [5, 5.41) is 61.1. The third-order valence-electron chi connectivity index (χ3n) is 22.3. The molecule has 3 saturated heterocycles. The molecular weight excluding hydrogens is 1740 g/mol. The number of unbranched alkanes of at least 4 members (excludes halogenated alkanes) is 1. The van der Waals surface area contributed by atoms with Crippen molar-refractivity contribution < 1.29 is 101 Å². The predicted octanol–water partition coefficient (Wildman–Crippen LogP) is 3.82. The second-order valence-corrected chi connectivity index (χ2v) is 37.6. The number of urea groups is 1. The van der Waals surface area contributed by atoms with Crippen molar-refractivity contribution in [3.8, 4) is 11.5 Å². The molecule has 36 nitrogen and oxygen atoms in total. The number of aromatic nitrogens is 1. The Morgan fingerprint density at radius 2 is 1.48 bits per heavy atom. The van der Waals surface area contributed by atoms with Crippen LogP contribution < -0.4 is 74.3 Å². The van der Waals surface area contributed by atoms with E-state index in [2.05, 4.69) is 58.2 Å². The van der Waals surface area contributed by atoms with Crippen LogP contribution in [0.1, 0.15) is 109 Å². The fourth-order valence-corrected chi connectivity index (χ4v) is 19.9. The number of ether oxygens (including phenoxy) is 5. The molecule has 690 valence electrons. The molecule has 5 aromatic rings. The smallest absolute Gasteiger partial charge is 0.409 e. The highest BCUT2D eigenvalue weighted by Gasteiger charge is 2.63. The fraction of sp³-hybridized carbons (Fsp3) is 0.500. The quantitative estimate of drug-likeness (QED) is 0.0184. The Balaban J connectivity index is 0.933. The predicted molar refractivity (Wildman–Crippen MR) is 483 cm³/mol. The lowest BCUT2D eigenvalue weighted by atomic mass is 9.72. The summed E-state index contributed by atoms with van der Waals surface area (Å²) in [6.45, 7) is 9.80. The van der Waals surface area contributed by atoms with E-state index in [1.807, 2.05) is 6.92 Å². The number of phenolic OH excluding ortho intramolecular Hbond substituents is 1. The van der Waals surface area contributed by atoms with Crippen LogP contribution in [0.5, 0.6) is 11.5 Å². The van der Waals surface area contributed by atoms with Crippen molar-refractivity contribution in [2.75, 3.05) is 69.3 Å². The molecule has 5 aliphatic rings. The monoisotopic (exact) mass is 1860 g/mol. The Labute approximate surface area is 756 Å². The lowest BCUT2D eigenvalue weighted by Crippen LogP contribution is -2.72. The molecule has 5 aliphatic heterocycles. The van der Waals surface area contributed by atoms with Crippen LogP contribution in [0, 0.1) is 0 Å². The van der Waals surface area contributed by atoms with Crippen molar-refractivity contribution >= 4 is 149 Å². The number of carbonyl (C=O) groups is 13. The van der Waals surface area contributed by atoms with Crippen molar-refractivity contribution in [1.29, 1.82) is 0 Å². The van der Waals surface area contributed by atoms with Gasteiger partial charge < -0.3 is 113 Å². The number of aromatic hydroxyl groups is 1. The summed E-state index contributed by atoms with van der Waals surface area (Å²) in [6.07, 6.45) is 0.0230. The number of anilines is 1. The number of nitrogens with zero attached hydrogens (tertiary/aromatic N) is 2. The lowest BCUT2D eigenvalue weighted by molar-refractivity contribution is -0.328. The molecule has 6 bridgehead atoms. The van der Waals surface area contributed by atoms with Crippen LogP contribution in [0.3, 0.4) is 0 Å². The normalized spacial score (nSPS) is 25.8. The van der Waals surface area contributed by atoms with Crippen LogP contribution in [-0.4, -0.2) is 263 Å². The number of phenols is 1. The average molecular weight is 1860 g/mol. The van der Waals surface area contributed by atoms with Crippen molar-refractivity contribution in [3.05, 3.63) is 148 Å². The molecule has 1 aromatic heterocycles. The maximum atomic E-state index is 15.2. The number of amides is 13. The van der Waals surface area contributed by atoms with Gasteiger partial charge in [-0.2, -0.15) is 0 Å². The molecule has 4 aromatic carbocycles. The van der Waals surface area contributed by atoms with Crippen LogP contribution in [0.4, 0.5) is 15.3 Å². The number of allylic oxidation sites excluding steroid dienone is 3. The van der Waals surface area contributed by atoms with Crippen molar-refractivity contribution in [2.45, 2.75) is 208 Å². The van der Waals surface area contributed by atoms with E-state index in [0.29, 0.717) is 46.0 Å². The average Bonchev–Trinajstić information content (AvgIpc) is 1.10. The zero-order valence-electron chi connectivity index (χ0n) is 72.2. The van der Waals surface area contributed by atoms with Gasteiger partial charge in [0.2, 0.25) is 59.1 Å². The molecule has 3 fully saturated rings. The van der Waals surface area contributed by atoms with E-state index < -0.39 is 185 Å². The van der Waals surface area contributed by atoms with Gasteiger partial charge >= 0.3 is 18.1 Å². The van der Waals surface area contributed by atoms with Gasteiger partial charge in [0, 0.05) is 106 Å². The number of hydrogen-bond acceptors (Lipinski definition) is 26. The van der Waals surface area contributed by atoms with E-state index >= 15 is 14.4 Å². The standard InChI is InChI=1S/C86H114ClN15O21S4/c1-11-90-82(116)98-59(35-50-21-13-12-14-22-50)76(110)96-62-44-126-127-45-63(97-80(114)72(49(4)103)99-74(108)57(25-17-18-32-88)92-77(111)60(39-53-42-91-56-24-16-15-23-55(53)56)94-75(109)58(93-78(62)112)36-51-27-29-54(104)30-28-51)79(113)95-61(73(89)107)43-125-124-33-31-69(105)101(7)48(3)81(115)121-67-40-70(106)102(8)64-37-52(38-65(119-9)71(64)87)34-47(2)20-19-26-66(120-10)86(118)41-68(122-83(117)100-86)85(6)46-84(67,5)123-85/h12-16,19-24,26-30,37-38,42,48-49,57-63,66-68,72,91,103-104,118H,11,17-18,25,31-36,39-41,43-46,88H2,1-10H3,(H2,89,107)(H,92,111)(H,93,112)(H,94,109)(H,95,113)(H,96,110)(H,97,114)(H,99,108)(H,100,117)(H2,90,98,116)/b26-19+,47-20+/t48-,49+,57-,58-,59+,60+,61-,62-,63-,66+,67-,68-,72-,84+,85?,86-/m0/s1. The van der Waals surface area contributed by atoms with E-state index in [1.165, 1.54) is 71.3 Å². The number of methoxy groups -OCH3 is 2. The van der Waals surface area contributed by atoms with E-state index in [0.717, 1.165) is 53.6 Å². The topological polar surface area (TPSA) is 523 Å². The van der Waals surface area contributed by atoms with Gasteiger partial charge in [0.1, 0.15) is 100 Å². The Kier molecular flexibility index (Phi) is 36.9. The summed E-state index contributed by atoms with van der Waals surface area (Å²) < 4.78 is 30.0. The number of aliphatic hydroxyl groups is 2. The number of aliphatic hydroxyl groups excluding tert-OH is 1. The molecule has 0 radical (unpaired) electrons. The minimum atomic E-state index is -1.99. The Morgan fingerprint density at radius 3 is 2.16 bits per heavy atom. The first kappa shape index (κ1) is 100. The SMILES string of the molecule is CCNC(=O)N[C@H](Cc1ccccc1)C(=O)N[C@H]1CSSC[C@@H](C(=O)N[C@@H](CSSCCC(=O)N(C)[C@@H](C)C(=O)O[C@H]2CC(=O)N(C)c3cc(cc(OC)c3Cl)C/C(C)=C/C=C/[C@@H](OC)[C@@]3(O)C[C@H](OC(=O)N3)C3(C)C[C@@]2(C)O3)C(N)=O)NC(=O)[C@H]([C@@H](C)O)NC(=O)[C@H](CCCCN)NC(=O)[C@@H](Cc2c[nH]c3ccccc23)NC(=O)[C@H](Cc2ccc(O)cc2)NC1=O. The summed E-state index contributed by atoms with van der Waals surface area (Å²) in [5.41, 5.74) is 11.2. The summed E-state index contributed by atoms with van der Waals surface area (Å²) >= 11 is 6.90. The molecule has 0 saturated carbocycles. The van der Waals surface area contributed by atoms with Gasteiger partial charge in [0.05, 0.1) is 25.3 Å². The van der Waals surface area contributed by atoms with Crippen molar-refractivity contribution in [3.63, 3.8) is 0 Å². The molecule has 127 heavy (non-hydrogen) atoms. The van der Waals surface area contributed by atoms with Gasteiger partial charge in [-0.05, 0) is 126 Å².